The van der Waals surface area contributed by atoms with Crippen molar-refractivity contribution in [3.05, 3.63) is 29.8 Å². The lowest BCUT2D eigenvalue weighted by molar-refractivity contribution is 0.0648. The third kappa shape index (κ3) is 3.26. The van der Waals surface area contributed by atoms with Crippen LogP contribution in [0.1, 0.15) is 31.1 Å². The van der Waals surface area contributed by atoms with E-state index in [1.807, 2.05) is 36.1 Å². The lowest BCUT2D eigenvalue weighted by Gasteiger charge is -2.39. The average molecular weight is 262 g/mol. The van der Waals surface area contributed by atoms with Gasteiger partial charge in [0.05, 0.1) is 12.2 Å². The van der Waals surface area contributed by atoms with E-state index in [2.05, 4.69) is 19.2 Å². The van der Waals surface area contributed by atoms with Crippen LogP contribution < -0.4 is 10.1 Å². The molecule has 1 N–H and O–H groups in total. The van der Waals surface area contributed by atoms with Crippen molar-refractivity contribution < 1.29 is 9.53 Å². The molecule has 1 aromatic rings. The summed E-state index contributed by atoms with van der Waals surface area (Å²) in [7, 11) is 0. The number of benzene rings is 1. The van der Waals surface area contributed by atoms with Gasteiger partial charge >= 0.3 is 0 Å². The van der Waals surface area contributed by atoms with Crippen LogP contribution in [0.25, 0.3) is 0 Å². The second-order valence-electron chi connectivity index (χ2n) is 5.47. The quantitative estimate of drug-likeness (QED) is 0.904. The first-order valence-electron chi connectivity index (χ1n) is 6.79. The zero-order valence-corrected chi connectivity index (χ0v) is 11.9. The van der Waals surface area contributed by atoms with E-state index >= 15 is 0 Å². The van der Waals surface area contributed by atoms with Crippen molar-refractivity contribution in [1.82, 2.24) is 10.2 Å². The molecule has 0 aromatic heterocycles. The van der Waals surface area contributed by atoms with E-state index in [9.17, 15) is 4.79 Å². The van der Waals surface area contributed by atoms with Crippen LogP contribution in [-0.4, -0.2) is 42.6 Å². The van der Waals surface area contributed by atoms with Crippen LogP contribution >= 0.6 is 0 Å². The van der Waals surface area contributed by atoms with E-state index < -0.39 is 0 Å². The Kier molecular flexibility index (Phi) is 4.10. The van der Waals surface area contributed by atoms with Gasteiger partial charge in [-0.25, -0.2) is 0 Å². The number of nitrogens with zero attached hydrogens (tertiary/aromatic N) is 1. The Morgan fingerprint density at radius 1 is 1.42 bits per heavy atom. The van der Waals surface area contributed by atoms with Gasteiger partial charge in [0.25, 0.3) is 5.91 Å². The summed E-state index contributed by atoms with van der Waals surface area (Å²) in [6, 6.07) is 7.46. The molecule has 1 aromatic carbocycles. The van der Waals surface area contributed by atoms with Gasteiger partial charge in [0.2, 0.25) is 0 Å². The van der Waals surface area contributed by atoms with Gasteiger partial charge in [-0.15, -0.1) is 0 Å². The van der Waals surface area contributed by atoms with Crippen LogP contribution in [0.4, 0.5) is 0 Å². The second-order valence-corrected chi connectivity index (χ2v) is 5.47. The zero-order chi connectivity index (χ0) is 13.9. The molecule has 0 aliphatic carbocycles. The maximum absolute atomic E-state index is 12.6. The number of hydrogen-bond donors (Lipinski definition) is 1. The van der Waals surface area contributed by atoms with E-state index in [4.69, 9.17) is 4.74 Å². The summed E-state index contributed by atoms with van der Waals surface area (Å²) >= 11 is 0. The third-order valence-electron chi connectivity index (χ3n) is 3.28. The number of amides is 1. The fourth-order valence-corrected chi connectivity index (χ4v) is 2.41. The standard InChI is InChI=1S/C15H22N2O2/c1-4-19-13-8-6-5-7-12(13)14(18)17-10-9-16-15(2,3)11-17/h5-8,16H,4,9-11H2,1-3H3. The van der Waals surface area contributed by atoms with E-state index in [-0.39, 0.29) is 11.4 Å². The fourth-order valence-electron chi connectivity index (χ4n) is 2.41. The highest BCUT2D eigenvalue weighted by atomic mass is 16.5. The lowest BCUT2D eigenvalue weighted by atomic mass is 10.0. The number of para-hydroxylation sites is 1. The Hall–Kier alpha value is -1.55. The Morgan fingerprint density at radius 3 is 2.84 bits per heavy atom. The Bertz CT molecular complexity index is 457. The monoisotopic (exact) mass is 262 g/mol. The highest BCUT2D eigenvalue weighted by Crippen LogP contribution is 2.21. The van der Waals surface area contributed by atoms with E-state index in [1.54, 1.807) is 0 Å². The van der Waals surface area contributed by atoms with Gasteiger partial charge in [0, 0.05) is 25.2 Å². The molecular formula is C15H22N2O2. The van der Waals surface area contributed by atoms with Gasteiger partial charge in [-0.1, -0.05) is 12.1 Å². The Labute approximate surface area is 114 Å². The molecule has 0 unspecified atom stereocenters. The van der Waals surface area contributed by atoms with Crippen molar-refractivity contribution in [2.75, 3.05) is 26.2 Å². The number of ether oxygens (including phenoxy) is 1. The molecular weight excluding hydrogens is 240 g/mol. The minimum Gasteiger partial charge on any atom is -0.493 e. The molecule has 0 radical (unpaired) electrons. The first kappa shape index (κ1) is 13.9. The molecule has 0 spiro atoms. The van der Waals surface area contributed by atoms with Gasteiger partial charge in [-0.2, -0.15) is 0 Å². The summed E-state index contributed by atoms with van der Waals surface area (Å²) < 4.78 is 5.54. The van der Waals surface area contributed by atoms with Gasteiger partial charge in [0.15, 0.2) is 0 Å². The number of carbonyl (C=O) groups excluding carboxylic acids is 1. The second kappa shape index (κ2) is 5.61. The van der Waals surface area contributed by atoms with Crippen molar-refractivity contribution >= 4 is 5.91 Å². The SMILES string of the molecule is CCOc1ccccc1C(=O)N1CCNC(C)(C)C1. The molecule has 104 valence electrons. The van der Waals surface area contributed by atoms with E-state index in [0.29, 0.717) is 24.5 Å². The molecule has 19 heavy (non-hydrogen) atoms. The summed E-state index contributed by atoms with van der Waals surface area (Å²) in [5.74, 6) is 0.727. The molecule has 4 nitrogen and oxygen atoms in total. The maximum Gasteiger partial charge on any atom is 0.257 e. The van der Waals surface area contributed by atoms with Crippen molar-refractivity contribution in [2.45, 2.75) is 26.3 Å². The number of nitrogens with one attached hydrogen (secondary N) is 1. The number of hydrogen-bond acceptors (Lipinski definition) is 3. The largest absolute Gasteiger partial charge is 0.493 e. The molecule has 1 aliphatic heterocycles. The summed E-state index contributed by atoms with van der Waals surface area (Å²) in [6.45, 7) is 9.00. The molecule has 0 saturated carbocycles. The van der Waals surface area contributed by atoms with Crippen LogP contribution in [-0.2, 0) is 0 Å². The molecule has 1 heterocycles. The van der Waals surface area contributed by atoms with Crippen LogP contribution in [0.15, 0.2) is 24.3 Å². The van der Waals surface area contributed by atoms with E-state index in [1.165, 1.54) is 0 Å². The first-order chi connectivity index (χ1) is 9.03. The molecule has 0 atom stereocenters. The molecule has 0 bridgehead atoms. The number of carbonyl (C=O) groups is 1. The van der Waals surface area contributed by atoms with Crippen molar-refractivity contribution in [3.8, 4) is 5.75 Å². The highest BCUT2D eigenvalue weighted by molar-refractivity contribution is 5.97. The van der Waals surface area contributed by atoms with Gasteiger partial charge in [-0.3, -0.25) is 4.79 Å². The van der Waals surface area contributed by atoms with Gasteiger partial charge < -0.3 is 15.0 Å². The number of piperazine rings is 1. The molecule has 1 fully saturated rings. The average Bonchev–Trinajstić information content (AvgIpc) is 2.38. The summed E-state index contributed by atoms with van der Waals surface area (Å²) in [6.07, 6.45) is 0. The van der Waals surface area contributed by atoms with Crippen molar-refractivity contribution in [2.24, 2.45) is 0 Å². The minimum atomic E-state index is -0.0333. The predicted octanol–water partition coefficient (Wildman–Crippen LogP) is 1.91. The molecule has 1 saturated heterocycles. The third-order valence-corrected chi connectivity index (χ3v) is 3.28. The lowest BCUT2D eigenvalue weighted by Crippen LogP contribution is -2.58. The normalized spacial score (nSPS) is 18.2. The molecule has 4 heteroatoms. The van der Waals surface area contributed by atoms with Gasteiger partial charge in [0.1, 0.15) is 5.75 Å². The predicted molar refractivity (Wildman–Crippen MR) is 75.6 cm³/mol. The summed E-state index contributed by atoms with van der Waals surface area (Å²) in [4.78, 5) is 14.5. The molecule has 2 rings (SSSR count). The van der Waals surface area contributed by atoms with Crippen molar-refractivity contribution in [1.29, 1.82) is 0 Å². The summed E-state index contributed by atoms with van der Waals surface area (Å²) in [5, 5.41) is 3.41. The van der Waals surface area contributed by atoms with Crippen LogP contribution in [0.3, 0.4) is 0 Å². The first-order valence-corrected chi connectivity index (χ1v) is 6.79. The zero-order valence-electron chi connectivity index (χ0n) is 11.9. The molecule has 1 amide bonds. The number of rotatable bonds is 3. The van der Waals surface area contributed by atoms with E-state index in [0.717, 1.165) is 13.1 Å². The maximum atomic E-state index is 12.6. The topological polar surface area (TPSA) is 41.6 Å². The van der Waals surface area contributed by atoms with Crippen molar-refractivity contribution in [3.63, 3.8) is 0 Å². The smallest absolute Gasteiger partial charge is 0.257 e. The fraction of sp³-hybridized carbons (Fsp3) is 0.533. The minimum absolute atomic E-state index is 0.0333. The summed E-state index contributed by atoms with van der Waals surface area (Å²) in [5.41, 5.74) is 0.621. The van der Waals surface area contributed by atoms with Crippen LogP contribution in [0.5, 0.6) is 5.75 Å². The van der Waals surface area contributed by atoms with Crippen LogP contribution in [0, 0.1) is 0 Å². The Balaban J connectivity index is 2.19. The Morgan fingerprint density at radius 2 is 2.16 bits per heavy atom. The van der Waals surface area contributed by atoms with Gasteiger partial charge in [-0.05, 0) is 32.9 Å². The highest BCUT2D eigenvalue weighted by Gasteiger charge is 2.30. The van der Waals surface area contributed by atoms with Crippen LogP contribution in [0.2, 0.25) is 0 Å². The molecule has 1 aliphatic rings.